The summed E-state index contributed by atoms with van der Waals surface area (Å²) in [6.45, 7) is 0. The summed E-state index contributed by atoms with van der Waals surface area (Å²) in [5.41, 5.74) is 16.1. The molecule has 0 N–H and O–H groups in total. The van der Waals surface area contributed by atoms with Crippen molar-refractivity contribution in [3.05, 3.63) is 247 Å². The van der Waals surface area contributed by atoms with Crippen LogP contribution >= 0.6 is 0 Å². The second kappa shape index (κ2) is 15.2. The predicted molar refractivity (Wildman–Crippen MR) is 260 cm³/mol. The standard InChI is InChI=1S/C58H46N4/c1-5-19-41(20-6-1)59(45-35-37-57-51(39-45)49-27-13-15-31-55(49)61(57)43-23-9-3-10-24-43)53-33-17-30-48-47(53)29-18-34-54(48)60(42-21-7-2-8-22-42)46-36-38-58-52(40-46)50-28-14-16-32-56(50)62(58)44-25-11-4-12-26-44/h1-11,13-25,27-37,39-40,49,55,58H,12,26,38H2. The quantitative estimate of drug-likeness (QED) is 0.152. The van der Waals surface area contributed by atoms with E-state index >= 15 is 0 Å². The number of rotatable bonds is 8. The molecule has 4 heteroatoms. The minimum atomic E-state index is 0.225. The van der Waals surface area contributed by atoms with Crippen LogP contribution in [0.15, 0.2) is 236 Å². The number of nitrogens with zero attached hydrogens (tertiary/aromatic N) is 4. The van der Waals surface area contributed by atoms with Crippen molar-refractivity contribution in [2.45, 2.75) is 37.3 Å². The van der Waals surface area contributed by atoms with Crippen LogP contribution in [-0.2, 0) is 0 Å². The third kappa shape index (κ3) is 5.97. The lowest BCUT2D eigenvalue weighted by atomic mass is 9.91. The second-order valence-corrected chi connectivity index (χ2v) is 16.7. The van der Waals surface area contributed by atoms with E-state index < -0.39 is 0 Å². The molecule has 3 unspecified atom stereocenters. The normalized spacial score (nSPS) is 19.3. The van der Waals surface area contributed by atoms with Crippen molar-refractivity contribution in [1.82, 2.24) is 0 Å². The number of allylic oxidation sites excluding steroid dienone is 7. The van der Waals surface area contributed by atoms with Crippen molar-refractivity contribution in [3.8, 4) is 0 Å². The van der Waals surface area contributed by atoms with Gasteiger partial charge in [0.05, 0.1) is 23.5 Å². The van der Waals surface area contributed by atoms with Crippen LogP contribution in [0.25, 0.3) is 16.3 Å². The molecule has 0 fully saturated rings. The molecule has 298 valence electrons. The first-order chi connectivity index (χ1) is 30.8. The molecule has 2 aliphatic heterocycles. The van der Waals surface area contributed by atoms with E-state index in [0.29, 0.717) is 0 Å². The van der Waals surface area contributed by atoms with Crippen LogP contribution in [0.4, 0.5) is 45.5 Å². The molecular weight excluding hydrogens is 753 g/mol. The molecule has 0 amide bonds. The van der Waals surface area contributed by atoms with Crippen LogP contribution in [-0.4, -0.2) is 12.1 Å². The number of fused-ring (bicyclic) bond motifs is 7. The fourth-order valence-electron chi connectivity index (χ4n) is 10.6. The molecule has 12 rings (SSSR count). The van der Waals surface area contributed by atoms with Crippen LogP contribution < -0.4 is 19.6 Å². The van der Waals surface area contributed by atoms with Crippen LogP contribution in [0.2, 0.25) is 0 Å². The lowest BCUT2D eigenvalue weighted by Gasteiger charge is -2.35. The third-order valence-electron chi connectivity index (χ3n) is 13.3. The van der Waals surface area contributed by atoms with E-state index in [9.17, 15) is 0 Å². The zero-order valence-electron chi connectivity index (χ0n) is 34.5. The largest absolute Gasteiger partial charge is 0.337 e. The summed E-state index contributed by atoms with van der Waals surface area (Å²) < 4.78 is 0. The molecule has 0 aromatic heterocycles. The first kappa shape index (κ1) is 36.3. The Kier molecular flexibility index (Phi) is 8.88. The van der Waals surface area contributed by atoms with Crippen molar-refractivity contribution in [3.63, 3.8) is 0 Å². The van der Waals surface area contributed by atoms with E-state index in [1.807, 2.05) is 0 Å². The number of benzene rings is 7. The maximum atomic E-state index is 2.60. The fraction of sp³-hybridized carbons (Fsp3) is 0.103. The van der Waals surface area contributed by atoms with Crippen LogP contribution in [0.5, 0.6) is 0 Å². The Bertz CT molecular complexity index is 3030. The molecule has 7 aromatic carbocycles. The third-order valence-corrected chi connectivity index (χ3v) is 13.3. The maximum Gasteiger partial charge on any atom is 0.0631 e. The van der Waals surface area contributed by atoms with E-state index in [1.165, 1.54) is 55.9 Å². The summed E-state index contributed by atoms with van der Waals surface area (Å²) >= 11 is 0. The monoisotopic (exact) mass is 798 g/mol. The topological polar surface area (TPSA) is 13.0 Å². The highest BCUT2D eigenvalue weighted by atomic mass is 15.2. The van der Waals surface area contributed by atoms with Gasteiger partial charge in [0.1, 0.15) is 0 Å². The van der Waals surface area contributed by atoms with Gasteiger partial charge in [-0.1, -0.05) is 140 Å². The average Bonchev–Trinajstić information content (AvgIpc) is 3.85. The molecular formula is C58H46N4. The van der Waals surface area contributed by atoms with Gasteiger partial charge in [0.25, 0.3) is 0 Å². The van der Waals surface area contributed by atoms with Gasteiger partial charge in [-0.3, -0.25) is 0 Å². The molecule has 0 radical (unpaired) electrons. The second-order valence-electron chi connectivity index (χ2n) is 16.7. The first-order valence-corrected chi connectivity index (χ1v) is 22.0. The van der Waals surface area contributed by atoms with Gasteiger partial charge >= 0.3 is 0 Å². The van der Waals surface area contributed by atoms with Crippen LogP contribution in [0.3, 0.4) is 0 Å². The molecule has 3 atom stereocenters. The minimum Gasteiger partial charge on any atom is -0.337 e. The van der Waals surface area contributed by atoms with Crippen molar-refractivity contribution in [2.24, 2.45) is 0 Å². The summed E-state index contributed by atoms with van der Waals surface area (Å²) in [6.07, 6.45) is 23.9. The van der Waals surface area contributed by atoms with E-state index in [0.717, 1.165) is 47.7 Å². The van der Waals surface area contributed by atoms with Gasteiger partial charge in [-0.15, -0.1) is 0 Å². The van der Waals surface area contributed by atoms with Crippen LogP contribution in [0, 0.1) is 0 Å². The zero-order valence-corrected chi connectivity index (χ0v) is 34.5. The summed E-state index contributed by atoms with van der Waals surface area (Å²) in [5, 5.41) is 2.39. The van der Waals surface area contributed by atoms with E-state index in [-0.39, 0.29) is 18.0 Å². The lowest BCUT2D eigenvalue weighted by Crippen LogP contribution is -2.32. The van der Waals surface area contributed by atoms with Gasteiger partial charge in [-0.25, -0.2) is 0 Å². The molecule has 3 aliphatic carbocycles. The molecule has 62 heavy (non-hydrogen) atoms. The Morgan fingerprint density at radius 1 is 0.532 bits per heavy atom. The Morgan fingerprint density at radius 2 is 1.21 bits per heavy atom. The van der Waals surface area contributed by atoms with Gasteiger partial charge in [0.15, 0.2) is 0 Å². The van der Waals surface area contributed by atoms with E-state index in [2.05, 4.69) is 244 Å². The van der Waals surface area contributed by atoms with E-state index in [4.69, 9.17) is 0 Å². The number of anilines is 8. The summed E-state index contributed by atoms with van der Waals surface area (Å²) in [4.78, 5) is 10.0. The van der Waals surface area contributed by atoms with Crippen molar-refractivity contribution < 1.29 is 0 Å². The number of hydrogen-bond donors (Lipinski definition) is 0. The molecule has 7 aromatic rings. The first-order valence-electron chi connectivity index (χ1n) is 22.0. The van der Waals surface area contributed by atoms with Crippen molar-refractivity contribution >= 4 is 61.8 Å². The molecule has 0 spiro atoms. The Hall–Kier alpha value is -7.56. The smallest absolute Gasteiger partial charge is 0.0631 e. The van der Waals surface area contributed by atoms with Gasteiger partial charge in [0, 0.05) is 67.8 Å². The lowest BCUT2D eigenvalue weighted by molar-refractivity contribution is 0.745. The van der Waals surface area contributed by atoms with Crippen molar-refractivity contribution in [1.29, 1.82) is 0 Å². The molecule has 0 saturated carbocycles. The zero-order chi connectivity index (χ0) is 41.0. The SMILES string of the molecule is C1=CCCC(N2c3ccccc3C3=CC(N(c4ccccc4)c4cccc5c(N(c6ccccc6)c6ccc7c(c6)C6C=CC=CC6N7c6ccccc6)cccc45)=CCC32)=C1. The van der Waals surface area contributed by atoms with Gasteiger partial charge < -0.3 is 19.6 Å². The minimum absolute atomic E-state index is 0.225. The number of para-hydroxylation sites is 4. The highest BCUT2D eigenvalue weighted by molar-refractivity contribution is 6.06. The average molecular weight is 799 g/mol. The predicted octanol–water partition coefficient (Wildman–Crippen LogP) is 15.0. The van der Waals surface area contributed by atoms with Crippen molar-refractivity contribution in [2.75, 3.05) is 19.6 Å². The molecule has 4 nitrogen and oxygen atoms in total. The highest BCUT2D eigenvalue weighted by Gasteiger charge is 2.39. The molecule has 5 aliphatic rings. The van der Waals surface area contributed by atoms with Gasteiger partial charge in [-0.05, 0) is 115 Å². The fourth-order valence-corrected chi connectivity index (χ4v) is 10.6. The van der Waals surface area contributed by atoms with Gasteiger partial charge in [0.2, 0.25) is 0 Å². The summed E-state index contributed by atoms with van der Waals surface area (Å²) in [6, 6.07) is 62.8. The highest BCUT2D eigenvalue weighted by Crippen LogP contribution is 2.52. The summed E-state index contributed by atoms with van der Waals surface area (Å²) in [7, 11) is 0. The van der Waals surface area contributed by atoms with E-state index in [1.54, 1.807) is 0 Å². The van der Waals surface area contributed by atoms with Crippen LogP contribution in [0.1, 0.15) is 36.3 Å². The molecule has 0 saturated heterocycles. The maximum absolute atomic E-state index is 2.60. The number of hydrogen-bond acceptors (Lipinski definition) is 4. The molecule has 2 heterocycles. The van der Waals surface area contributed by atoms with Gasteiger partial charge in [-0.2, -0.15) is 0 Å². The summed E-state index contributed by atoms with van der Waals surface area (Å²) in [5.74, 6) is 0.249. The molecule has 0 bridgehead atoms. The Morgan fingerprint density at radius 3 is 1.95 bits per heavy atom. The Balaban J connectivity index is 0.994. The Labute approximate surface area is 364 Å².